The second-order valence-electron chi connectivity index (χ2n) is 7.37. The maximum atomic E-state index is 14.4. The first kappa shape index (κ1) is 19.3. The molecule has 5 rings (SSSR count). The Morgan fingerprint density at radius 3 is 2.90 bits per heavy atom. The van der Waals surface area contributed by atoms with E-state index < -0.39 is 11.2 Å². The SMILES string of the molecule is Cc1c(NC(=O)C2[N-]C3=C(CNCC3)S2)cc(F)cc1-c1ccc2c(c1)OCCO2. The predicted octanol–water partition coefficient (Wildman–Crippen LogP) is 4.16. The van der Waals surface area contributed by atoms with Crippen molar-refractivity contribution in [1.82, 2.24) is 5.32 Å². The molecule has 2 aromatic rings. The minimum Gasteiger partial charge on any atom is -0.668 e. The van der Waals surface area contributed by atoms with Crippen molar-refractivity contribution in [2.75, 3.05) is 31.6 Å². The van der Waals surface area contributed by atoms with Crippen molar-refractivity contribution in [2.45, 2.75) is 18.7 Å². The molecule has 0 saturated heterocycles. The fourth-order valence-electron chi connectivity index (χ4n) is 3.83. The summed E-state index contributed by atoms with van der Waals surface area (Å²) in [4.78, 5) is 13.9. The molecule has 2 N–H and O–H groups in total. The fraction of sp³-hybridized carbons (Fsp3) is 0.318. The monoisotopic (exact) mass is 426 g/mol. The topological polar surface area (TPSA) is 73.7 Å². The number of nitrogens with one attached hydrogen (secondary N) is 2. The van der Waals surface area contributed by atoms with Crippen LogP contribution in [0.3, 0.4) is 0 Å². The summed E-state index contributed by atoms with van der Waals surface area (Å²) in [6, 6.07) is 8.36. The molecule has 6 nitrogen and oxygen atoms in total. The van der Waals surface area contributed by atoms with Crippen LogP contribution in [0, 0.1) is 12.7 Å². The van der Waals surface area contributed by atoms with Gasteiger partial charge in [0.25, 0.3) is 0 Å². The maximum Gasteiger partial charge on any atom is 0.220 e. The Balaban J connectivity index is 1.39. The summed E-state index contributed by atoms with van der Waals surface area (Å²) in [5.41, 5.74) is 3.73. The molecular weight excluding hydrogens is 405 g/mol. The van der Waals surface area contributed by atoms with Crippen molar-refractivity contribution < 1.29 is 18.7 Å². The predicted molar refractivity (Wildman–Crippen MR) is 115 cm³/mol. The van der Waals surface area contributed by atoms with Gasteiger partial charge in [-0.05, 0) is 65.8 Å². The average molecular weight is 426 g/mol. The van der Waals surface area contributed by atoms with Gasteiger partial charge in [0.05, 0.1) is 0 Å². The van der Waals surface area contributed by atoms with Crippen LogP contribution < -0.4 is 20.1 Å². The van der Waals surface area contributed by atoms with Gasteiger partial charge in [-0.25, -0.2) is 4.39 Å². The highest BCUT2D eigenvalue weighted by atomic mass is 32.2. The fourth-order valence-corrected chi connectivity index (χ4v) is 4.92. The Labute approximate surface area is 178 Å². The lowest BCUT2D eigenvalue weighted by molar-refractivity contribution is -0.115. The molecule has 2 aromatic carbocycles. The number of fused-ring (bicyclic) bond motifs is 1. The number of hydrogen-bond donors (Lipinski definition) is 2. The van der Waals surface area contributed by atoms with Crippen molar-refractivity contribution in [1.29, 1.82) is 0 Å². The third-order valence-corrected chi connectivity index (χ3v) is 6.59. The van der Waals surface area contributed by atoms with Crippen LogP contribution in [-0.2, 0) is 4.79 Å². The van der Waals surface area contributed by atoms with Crippen LogP contribution in [0.5, 0.6) is 11.5 Å². The van der Waals surface area contributed by atoms with Crippen LogP contribution in [-0.4, -0.2) is 37.6 Å². The molecule has 0 aliphatic carbocycles. The van der Waals surface area contributed by atoms with Crippen LogP contribution in [0.25, 0.3) is 16.4 Å². The van der Waals surface area contributed by atoms with Gasteiger partial charge < -0.3 is 25.4 Å². The molecule has 0 saturated carbocycles. The minimum atomic E-state index is -0.532. The van der Waals surface area contributed by atoms with Crippen molar-refractivity contribution in [3.05, 3.63) is 57.6 Å². The summed E-state index contributed by atoms with van der Waals surface area (Å²) in [6.45, 7) is 4.49. The summed E-state index contributed by atoms with van der Waals surface area (Å²) in [7, 11) is 0. The molecular formula is C22H21FN3O3S-. The number of benzene rings is 2. The van der Waals surface area contributed by atoms with Gasteiger partial charge in [0.1, 0.15) is 19.0 Å². The first-order valence-electron chi connectivity index (χ1n) is 9.90. The van der Waals surface area contributed by atoms with Gasteiger partial charge >= 0.3 is 0 Å². The number of halogens is 1. The molecule has 1 atom stereocenters. The van der Waals surface area contributed by atoms with Crippen LogP contribution in [0.2, 0.25) is 0 Å². The molecule has 0 spiro atoms. The zero-order valence-corrected chi connectivity index (χ0v) is 17.3. The summed E-state index contributed by atoms with van der Waals surface area (Å²) < 4.78 is 25.7. The summed E-state index contributed by atoms with van der Waals surface area (Å²) >= 11 is 1.46. The van der Waals surface area contributed by atoms with E-state index in [1.807, 2.05) is 25.1 Å². The Morgan fingerprint density at radius 2 is 2.07 bits per heavy atom. The van der Waals surface area contributed by atoms with E-state index in [2.05, 4.69) is 16.0 Å². The molecule has 1 unspecified atom stereocenters. The largest absolute Gasteiger partial charge is 0.668 e. The van der Waals surface area contributed by atoms with Gasteiger partial charge in [-0.3, -0.25) is 4.79 Å². The minimum absolute atomic E-state index is 0.240. The molecule has 156 valence electrons. The normalized spacial score (nSPS) is 19.9. The molecule has 0 bridgehead atoms. The van der Waals surface area contributed by atoms with E-state index in [1.54, 1.807) is 0 Å². The lowest BCUT2D eigenvalue weighted by Crippen LogP contribution is -2.23. The van der Waals surface area contributed by atoms with Crippen molar-refractivity contribution in [3.8, 4) is 22.6 Å². The number of hydrogen-bond acceptors (Lipinski definition) is 5. The number of nitrogens with zero attached hydrogens (tertiary/aromatic N) is 1. The highest BCUT2D eigenvalue weighted by Gasteiger charge is 2.23. The second kappa shape index (κ2) is 7.85. The average Bonchev–Trinajstić information content (AvgIpc) is 3.20. The van der Waals surface area contributed by atoms with Gasteiger partial charge in [-0.1, -0.05) is 6.07 Å². The Bertz CT molecular complexity index is 1040. The highest BCUT2D eigenvalue weighted by molar-refractivity contribution is 8.04. The number of thioether (sulfide) groups is 1. The van der Waals surface area contributed by atoms with Crippen LogP contribution in [0.1, 0.15) is 12.0 Å². The van der Waals surface area contributed by atoms with E-state index in [-0.39, 0.29) is 5.91 Å². The number of carbonyl (C=O) groups excluding carboxylic acids is 1. The van der Waals surface area contributed by atoms with E-state index >= 15 is 0 Å². The second-order valence-corrected chi connectivity index (χ2v) is 8.54. The van der Waals surface area contributed by atoms with Gasteiger partial charge in [0.2, 0.25) is 5.91 Å². The number of rotatable bonds is 3. The molecule has 0 fully saturated rings. The van der Waals surface area contributed by atoms with E-state index in [4.69, 9.17) is 9.47 Å². The lowest BCUT2D eigenvalue weighted by atomic mass is 9.98. The van der Waals surface area contributed by atoms with Crippen molar-refractivity contribution in [2.24, 2.45) is 0 Å². The summed E-state index contributed by atoms with van der Waals surface area (Å²) in [5.74, 6) is 0.660. The Morgan fingerprint density at radius 1 is 1.23 bits per heavy atom. The summed E-state index contributed by atoms with van der Waals surface area (Å²) in [5, 5.41) is 10.2. The smallest absolute Gasteiger partial charge is 0.220 e. The van der Waals surface area contributed by atoms with Gasteiger partial charge in [-0.2, -0.15) is 0 Å². The van der Waals surface area contributed by atoms with E-state index in [9.17, 15) is 9.18 Å². The van der Waals surface area contributed by atoms with Crippen LogP contribution in [0.4, 0.5) is 10.1 Å². The molecule has 1 amide bonds. The molecule has 3 aliphatic heterocycles. The number of anilines is 1. The molecule has 3 heterocycles. The van der Waals surface area contributed by atoms with Crippen LogP contribution in [0.15, 0.2) is 40.9 Å². The van der Waals surface area contributed by atoms with Crippen molar-refractivity contribution in [3.63, 3.8) is 0 Å². The third-order valence-electron chi connectivity index (χ3n) is 5.38. The van der Waals surface area contributed by atoms with Gasteiger partial charge in [0.15, 0.2) is 11.5 Å². The first-order chi connectivity index (χ1) is 14.6. The maximum absolute atomic E-state index is 14.4. The third kappa shape index (κ3) is 3.61. The zero-order valence-electron chi connectivity index (χ0n) is 16.5. The Kier molecular flexibility index (Phi) is 5.04. The number of ether oxygens (including phenoxy) is 2. The molecule has 30 heavy (non-hydrogen) atoms. The van der Waals surface area contributed by atoms with Gasteiger partial charge in [-0.15, -0.1) is 17.5 Å². The standard InChI is InChI=1S/C22H21FN3O3S/c1-12-15(13-2-3-18-19(8-13)29-7-6-28-18)9-14(23)10-17(12)25-21(27)22-26-16-4-5-24-11-20(16)30-22/h2-3,8-10,22,24H,4-7,11H2,1H3,(H,25,27)/q-1. The number of carbonyl (C=O) groups is 1. The summed E-state index contributed by atoms with van der Waals surface area (Å²) in [6.07, 6.45) is 0.833. The van der Waals surface area contributed by atoms with E-state index in [1.165, 1.54) is 23.9 Å². The number of amides is 1. The zero-order chi connectivity index (χ0) is 20.7. The first-order valence-corrected chi connectivity index (χ1v) is 10.8. The van der Waals surface area contributed by atoms with Gasteiger partial charge in [0, 0.05) is 17.6 Å². The highest BCUT2D eigenvalue weighted by Crippen LogP contribution is 2.43. The Hall–Kier alpha value is -2.71. The van der Waals surface area contributed by atoms with Crippen molar-refractivity contribution >= 4 is 23.4 Å². The lowest BCUT2D eigenvalue weighted by Gasteiger charge is -2.27. The molecule has 3 aliphatic rings. The molecule has 8 heteroatoms. The van der Waals surface area contributed by atoms with E-state index in [0.717, 1.165) is 41.2 Å². The van der Waals surface area contributed by atoms with E-state index in [0.29, 0.717) is 36.0 Å². The quantitative estimate of drug-likeness (QED) is 0.771. The molecule has 0 aromatic heterocycles. The van der Waals surface area contributed by atoms with Crippen LogP contribution >= 0.6 is 11.8 Å². The molecule has 0 radical (unpaired) electrons.